The Morgan fingerprint density at radius 2 is 2.00 bits per heavy atom. The third-order valence-electron chi connectivity index (χ3n) is 6.56. The molecule has 0 bridgehead atoms. The molecule has 0 saturated heterocycles. The van der Waals surface area contributed by atoms with Crippen molar-refractivity contribution >= 4 is 17.7 Å². The van der Waals surface area contributed by atoms with Gasteiger partial charge < -0.3 is 15.1 Å². The van der Waals surface area contributed by atoms with Gasteiger partial charge in [-0.1, -0.05) is 13.8 Å². The summed E-state index contributed by atoms with van der Waals surface area (Å²) in [5.74, 6) is 1.16. The van der Waals surface area contributed by atoms with Gasteiger partial charge in [-0.25, -0.2) is 9.67 Å². The number of nitrogens with one attached hydrogen (secondary N) is 2. The lowest BCUT2D eigenvalue weighted by molar-refractivity contribution is -0.138. The molecule has 3 amide bonds. The first kappa shape index (κ1) is 26.9. The topological polar surface area (TPSA) is 173 Å². The second-order valence-electron chi connectivity index (χ2n) is 9.90. The summed E-state index contributed by atoms with van der Waals surface area (Å²) < 4.78 is 3.10. The van der Waals surface area contributed by atoms with Gasteiger partial charge in [0.25, 0.3) is 5.91 Å². The van der Waals surface area contributed by atoms with Crippen molar-refractivity contribution < 1.29 is 14.4 Å². The predicted molar refractivity (Wildman–Crippen MR) is 134 cm³/mol. The van der Waals surface area contributed by atoms with Crippen LogP contribution in [0.4, 0.5) is 0 Å². The lowest BCUT2D eigenvalue weighted by Crippen LogP contribution is -2.47. The maximum absolute atomic E-state index is 13.5. The van der Waals surface area contributed by atoms with E-state index in [1.807, 2.05) is 0 Å². The molecule has 3 aromatic rings. The number of hydrogen-bond acceptors (Lipinski definition) is 9. The highest BCUT2D eigenvalue weighted by Gasteiger charge is 2.29. The van der Waals surface area contributed by atoms with Gasteiger partial charge in [-0.3, -0.25) is 19.5 Å². The van der Waals surface area contributed by atoms with E-state index >= 15 is 0 Å². The average Bonchev–Trinajstić information content (AvgIpc) is 3.64. The number of aryl methyl sites for hydroxylation is 1. The highest BCUT2D eigenvalue weighted by atomic mass is 16.2. The molecule has 0 radical (unpaired) electrons. The van der Waals surface area contributed by atoms with Crippen molar-refractivity contribution in [3.63, 3.8) is 0 Å². The van der Waals surface area contributed by atoms with Crippen LogP contribution in [0, 0.1) is 12.8 Å². The van der Waals surface area contributed by atoms with E-state index in [1.54, 1.807) is 36.5 Å². The molecule has 2 atom stereocenters. The van der Waals surface area contributed by atoms with E-state index in [1.165, 1.54) is 15.9 Å². The second-order valence-corrected chi connectivity index (χ2v) is 9.90. The van der Waals surface area contributed by atoms with E-state index in [9.17, 15) is 14.4 Å². The number of carbonyl (C=O) groups is 3. The maximum Gasteiger partial charge on any atom is 0.272 e. The van der Waals surface area contributed by atoms with Gasteiger partial charge in [0, 0.05) is 32.6 Å². The number of rotatable bonds is 4. The van der Waals surface area contributed by atoms with Crippen molar-refractivity contribution in [2.24, 2.45) is 5.92 Å². The molecule has 3 aromatic heterocycles. The molecule has 15 nitrogen and oxygen atoms in total. The zero-order valence-electron chi connectivity index (χ0n) is 22.3. The van der Waals surface area contributed by atoms with Gasteiger partial charge >= 0.3 is 0 Å². The maximum atomic E-state index is 13.5. The summed E-state index contributed by atoms with van der Waals surface area (Å²) in [5.41, 5.74) is 0.272. The fourth-order valence-corrected chi connectivity index (χ4v) is 4.38. The summed E-state index contributed by atoms with van der Waals surface area (Å²) in [6.45, 7) is 8.65. The van der Waals surface area contributed by atoms with Crippen LogP contribution in [0.25, 0.3) is 5.82 Å². The van der Waals surface area contributed by atoms with Crippen molar-refractivity contribution in [1.29, 1.82) is 0 Å². The molecule has 204 valence electrons. The van der Waals surface area contributed by atoms with Gasteiger partial charge in [0.05, 0.1) is 12.6 Å². The molecular formula is C23H34N12O3. The minimum absolute atomic E-state index is 0.168. The molecule has 1 aliphatic rings. The number of hydrogen-bond donors (Lipinski definition) is 2. The van der Waals surface area contributed by atoms with Crippen molar-refractivity contribution in [2.75, 3.05) is 20.1 Å². The zero-order valence-corrected chi connectivity index (χ0v) is 22.3. The van der Waals surface area contributed by atoms with Gasteiger partial charge in [0.2, 0.25) is 11.8 Å². The Morgan fingerprint density at radius 1 is 1.21 bits per heavy atom. The molecule has 4 rings (SSSR count). The van der Waals surface area contributed by atoms with E-state index in [-0.39, 0.29) is 35.8 Å². The molecule has 0 fully saturated rings. The highest BCUT2D eigenvalue weighted by Crippen LogP contribution is 2.21. The summed E-state index contributed by atoms with van der Waals surface area (Å²) in [6, 6.07) is 0.516. The number of fused-ring (bicyclic) bond motifs is 1. The van der Waals surface area contributed by atoms with Gasteiger partial charge in [-0.15, -0.1) is 5.10 Å². The lowest BCUT2D eigenvalue weighted by Gasteiger charge is -2.29. The van der Waals surface area contributed by atoms with Crippen LogP contribution in [0.3, 0.4) is 0 Å². The first-order chi connectivity index (χ1) is 18.1. The number of tetrazole rings is 1. The molecule has 0 unspecified atom stereocenters. The largest absolute Gasteiger partial charge is 0.344 e. The summed E-state index contributed by atoms with van der Waals surface area (Å²) in [5, 5.41) is 25.5. The Bertz CT molecular complexity index is 1260. The third-order valence-corrected chi connectivity index (χ3v) is 6.56. The quantitative estimate of drug-likeness (QED) is 0.484. The van der Waals surface area contributed by atoms with Crippen molar-refractivity contribution in [3.8, 4) is 5.82 Å². The van der Waals surface area contributed by atoms with Crippen LogP contribution in [0.2, 0.25) is 0 Å². The minimum atomic E-state index is -0.662. The predicted octanol–water partition coefficient (Wildman–Crippen LogP) is 0.272. The summed E-state index contributed by atoms with van der Waals surface area (Å²) >= 11 is 0. The molecular weight excluding hydrogens is 492 g/mol. The Morgan fingerprint density at radius 3 is 2.71 bits per heavy atom. The second kappa shape index (κ2) is 11.5. The number of nitrogens with zero attached hydrogens (tertiary/aromatic N) is 10. The van der Waals surface area contributed by atoms with Gasteiger partial charge in [0.1, 0.15) is 29.7 Å². The molecule has 0 saturated carbocycles. The zero-order chi connectivity index (χ0) is 27.4. The lowest BCUT2D eigenvalue weighted by atomic mass is 10.0. The number of aromatic amines is 1. The van der Waals surface area contributed by atoms with E-state index in [2.05, 4.69) is 55.0 Å². The Balaban J connectivity index is 1.63. The van der Waals surface area contributed by atoms with Crippen LogP contribution in [-0.4, -0.2) is 98.9 Å². The Hall–Kier alpha value is -4.17. The minimum Gasteiger partial charge on any atom is -0.344 e. The number of likely N-dealkylation sites (N-methyl/N-ethyl adjacent to an activating group) is 1. The first-order valence-corrected chi connectivity index (χ1v) is 12.7. The fourth-order valence-electron chi connectivity index (χ4n) is 4.38. The summed E-state index contributed by atoms with van der Waals surface area (Å²) in [4.78, 5) is 47.2. The van der Waals surface area contributed by atoms with E-state index in [4.69, 9.17) is 0 Å². The highest BCUT2D eigenvalue weighted by molar-refractivity contribution is 5.92. The summed E-state index contributed by atoms with van der Waals surface area (Å²) in [7, 11) is 1.62. The number of amides is 3. The molecule has 0 aromatic carbocycles. The summed E-state index contributed by atoms with van der Waals surface area (Å²) in [6.07, 6.45) is 2.65. The van der Waals surface area contributed by atoms with Crippen molar-refractivity contribution in [2.45, 2.75) is 65.6 Å². The molecule has 15 heteroatoms. The number of aromatic nitrogens is 9. The van der Waals surface area contributed by atoms with Crippen LogP contribution in [0.1, 0.15) is 68.2 Å². The standard InChI is InChI=1S/C23H34N12O3/c1-14(2)11-17-21-25-16(4)29-34(21)10-9-33(8-6-7-20(36)32(5)15(3)22(37)26-17)23(38)18-12-19(28-27-18)35-13-24-30-31-35/h12-15,17H,6-11H2,1-5H3,(H,26,37)(H,27,28)/t15-,17+/m0/s1. The molecule has 0 aliphatic carbocycles. The molecule has 0 spiro atoms. The van der Waals surface area contributed by atoms with Crippen LogP contribution in [-0.2, 0) is 16.1 Å². The van der Waals surface area contributed by atoms with E-state index in [0.717, 1.165) is 0 Å². The van der Waals surface area contributed by atoms with Gasteiger partial charge in [-0.2, -0.15) is 14.9 Å². The molecule has 2 N–H and O–H groups in total. The average molecular weight is 527 g/mol. The Labute approximate surface area is 220 Å². The number of H-pyrrole nitrogens is 1. The van der Waals surface area contributed by atoms with Crippen LogP contribution < -0.4 is 5.32 Å². The van der Waals surface area contributed by atoms with E-state index < -0.39 is 12.1 Å². The molecule has 38 heavy (non-hydrogen) atoms. The monoisotopic (exact) mass is 526 g/mol. The fraction of sp³-hybridized carbons (Fsp3) is 0.609. The number of carbonyl (C=O) groups excluding carboxylic acids is 3. The van der Waals surface area contributed by atoms with E-state index in [0.29, 0.717) is 49.9 Å². The molecule has 4 heterocycles. The van der Waals surface area contributed by atoms with Crippen molar-refractivity contribution in [1.82, 2.24) is 60.3 Å². The van der Waals surface area contributed by atoms with Crippen LogP contribution >= 0.6 is 0 Å². The normalized spacial score (nSPS) is 19.8. The first-order valence-electron chi connectivity index (χ1n) is 12.7. The van der Waals surface area contributed by atoms with Crippen molar-refractivity contribution in [3.05, 3.63) is 29.7 Å². The Kier molecular flexibility index (Phi) is 8.12. The van der Waals surface area contributed by atoms with Gasteiger partial charge in [-0.05, 0) is 43.0 Å². The van der Waals surface area contributed by atoms with Crippen LogP contribution in [0.5, 0.6) is 0 Å². The smallest absolute Gasteiger partial charge is 0.272 e. The third kappa shape index (κ3) is 6.03. The SMILES string of the molecule is Cc1nc2n(n1)CCN(C(=O)c1cc(-n3cnnn3)n[nH]1)CCCC(=O)N(C)[C@@H](C)C(=O)N[C@@H]2CC(C)C. The van der Waals surface area contributed by atoms with Gasteiger partial charge in [0.15, 0.2) is 5.82 Å². The molecule has 1 aliphatic heterocycles. The van der Waals surface area contributed by atoms with Crippen LogP contribution in [0.15, 0.2) is 12.4 Å².